The molecule has 0 aromatic carbocycles. The lowest BCUT2D eigenvalue weighted by molar-refractivity contribution is -0.0599. The number of alkyl halides is 2. The highest BCUT2D eigenvalue weighted by Crippen LogP contribution is 2.42. The maximum Gasteiger partial charge on any atom is 0.248 e. The van der Waals surface area contributed by atoms with Crippen LogP contribution in [0.25, 0.3) is 0 Å². The first kappa shape index (κ1) is 7.96. The Morgan fingerprint density at radius 2 is 1.30 bits per heavy atom. The molecule has 0 N–H and O–H groups in total. The van der Waals surface area contributed by atoms with Crippen LogP contribution in [0.1, 0.15) is 39.5 Å². The summed E-state index contributed by atoms with van der Waals surface area (Å²) in [6, 6.07) is 0. The highest BCUT2D eigenvalue weighted by atomic mass is 19.3. The van der Waals surface area contributed by atoms with E-state index in [2.05, 4.69) is 13.8 Å². The van der Waals surface area contributed by atoms with Crippen LogP contribution in [0.2, 0.25) is 0 Å². The SMILES string of the molecule is CC1(C)CCC(F)(F)CC1. The molecular formula is C8H14F2. The molecule has 0 bridgehead atoms. The molecule has 1 rings (SSSR count). The summed E-state index contributed by atoms with van der Waals surface area (Å²) in [6.45, 7) is 4.12. The van der Waals surface area contributed by atoms with Gasteiger partial charge in [-0.05, 0) is 18.3 Å². The summed E-state index contributed by atoms with van der Waals surface area (Å²) in [5.41, 5.74) is 0.154. The van der Waals surface area contributed by atoms with Crippen molar-refractivity contribution >= 4 is 0 Å². The van der Waals surface area contributed by atoms with Gasteiger partial charge in [-0.3, -0.25) is 0 Å². The molecule has 1 saturated carbocycles. The summed E-state index contributed by atoms with van der Waals surface area (Å²) in [5.74, 6) is -2.37. The van der Waals surface area contributed by atoms with Crippen LogP contribution in [-0.2, 0) is 0 Å². The smallest absolute Gasteiger partial charge is 0.207 e. The first-order valence-electron chi connectivity index (χ1n) is 3.79. The van der Waals surface area contributed by atoms with Gasteiger partial charge >= 0.3 is 0 Å². The highest BCUT2D eigenvalue weighted by molar-refractivity contribution is 4.82. The lowest BCUT2D eigenvalue weighted by atomic mass is 9.76. The van der Waals surface area contributed by atoms with Gasteiger partial charge in [-0.25, -0.2) is 8.78 Å². The standard InChI is InChI=1S/C8H14F2/c1-7(2)3-5-8(9,10)6-4-7/h3-6H2,1-2H3. The number of hydrogen-bond acceptors (Lipinski definition) is 0. The van der Waals surface area contributed by atoms with E-state index in [1.54, 1.807) is 0 Å². The highest BCUT2D eigenvalue weighted by Gasteiger charge is 2.38. The van der Waals surface area contributed by atoms with Gasteiger partial charge in [0.2, 0.25) is 5.92 Å². The quantitative estimate of drug-likeness (QED) is 0.494. The molecule has 10 heavy (non-hydrogen) atoms. The second-order valence-electron chi connectivity index (χ2n) is 4.02. The maximum absolute atomic E-state index is 12.5. The minimum absolute atomic E-state index is 0.0833. The Balaban J connectivity index is 2.46. The fourth-order valence-electron chi connectivity index (χ4n) is 1.29. The van der Waals surface area contributed by atoms with E-state index in [1.807, 2.05) is 0 Å². The second-order valence-corrected chi connectivity index (χ2v) is 4.02. The average Bonchev–Trinajstić information content (AvgIpc) is 1.79. The lowest BCUT2D eigenvalue weighted by Gasteiger charge is -2.33. The van der Waals surface area contributed by atoms with Crippen LogP contribution in [-0.4, -0.2) is 5.92 Å². The molecule has 0 spiro atoms. The predicted octanol–water partition coefficient (Wildman–Crippen LogP) is 3.22. The summed E-state index contributed by atoms with van der Waals surface area (Å²) in [6.07, 6.45) is 1.50. The molecule has 60 valence electrons. The van der Waals surface area contributed by atoms with E-state index in [9.17, 15) is 8.78 Å². The van der Waals surface area contributed by atoms with Crippen molar-refractivity contribution in [2.75, 3.05) is 0 Å². The van der Waals surface area contributed by atoms with Gasteiger partial charge < -0.3 is 0 Å². The minimum atomic E-state index is -2.37. The first-order chi connectivity index (χ1) is 4.41. The summed E-state index contributed by atoms with van der Waals surface area (Å²) < 4.78 is 25.1. The Morgan fingerprint density at radius 3 is 1.60 bits per heavy atom. The summed E-state index contributed by atoms with van der Waals surface area (Å²) in [4.78, 5) is 0. The molecule has 2 heteroatoms. The third kappa shape index (κ3) is 1.93. The lowest BCUT2D eigenvalue weighted by Crippen LogP contribution is -2.28. The molecule has 0 amide bonds. The van der Waals surface area contributed by atoms with Crippen molar-refractivity contribution < 1.29 is 8.78 Å². The van der Waals surface area contributed by atoms with Crippen LogP contribution in [0.4, 0.5) is 8.78 Å². The number of halogens is 2. The molecule has 0 heterocycles. The Morgan fingerprint density at radius 1 is 0.900 bits per heavy atom. The van der Waals surface area contributed by atoms with Crippen molar-refractivity contribution in [1.29, 1.82) is 0 Å². The van der Waals surface area contributed by atoms with Gasteiger partial charge in [0.25, 0.3) is 0 Å². The van der Waals surface area contributed by atoms with Gasteiger partial charge in [0.05, 0.1) is 0 Å². The molecule has 1 fully saturated rings. The molecule has 0 radical (unpaired) electrons. The van der Waals surface area contributed by atoms with Gasteiger partial charge in [-0.15, -0.1) is 0 Å². The zero-order valence-electron chi connectivity index (χ0n) is 6.58. The predicted molar refractivity (Wildman–Crippen MR) is 37.2 cm³/mol. The van der Waals surface area contributed by atoms with Crippen LogP contribution in [0, 0.1) is 5.41 Å². The Kier molecular flexibility index (Phi) is 1.73. The Hall–Kier alpha value is -0.140. The van der Waals surface area contributed by atoms with Gasteiger partial charge in [-0.2, -0.15) is 0 Å². The van der Waals surface area contributed by atoms with Crippen LogP contribution in [0.3, 0.4) is 0 Å². The van der Waals surface area contributed by atoms with Crippen LogP contribution < -0.4 is 0 Å². The Labute approximate surface area is 60.6 Å². The molecule has 1 aliphatic rings. The zero-order chi connectivity index (χ0) is 7.83. The third-order valence-electron chi connectivity index (χ3n) is 2.34. The normalized spacial score (nSPS) is 30.0. The van der Waals surface area contributed by atoms with E-state index < -0.39 is 5.92 Å². The number of rotatable bonds is 0. The van der Waals surface area contributed by atoms with Gasteiger partial charge in [0, 0.05) is 12.8 Å². The van der Waals surface area contributed by atoms with Crippen LogP contribution in [0.5, 0.6) is 0 Å². The van der Waals surface area contributed by atoms with E-state index in [4.69, 9.17) is 0 Å². The van der Waals surface area contributed by atoms with E-state index in [0.29, 0.717) is 12.8 Å². The molecule has 1 aliphatic carbocycles. The summed E-state index contributed by atoms with van der Waals surface area (Å²) in [5, 5.41) is 0. The molecule has 0 aliphatic heterocycles. The monoisotopic (exact) mass is 148 g/mol. The molecule has 0 atom stereocenters. The molecule has 0 nitrogen and oxygen atoms in total. The van der Waals surface area contributed by atoms with E-state index in [0.717, 1.165) is 0 Å². The zero-order valence-corrected chi connectivity index (χ0v) is 6.58. The molecule has 0 unspecified atom stereocenters. The van der Waals surface area contributed by atoms with Crippen molar-refractivity contribution in [1.82, 2.24) is 0 Å². The Bertz CT molecular complexity index is 99.2. The van der Waals surface area contributed by atoms with Gasteiger partial charge in [0.1, 0.15) is 0 Å². The minimum Gasteiger partial charge on any atom is -0.207 e. The van der Waals surface area contributed by atoms with E-state index >= 15 is 0 Å². The van der Waals surface area contributed by atoms with Crippen LogP contribution in [0.15, 0.2) is 0 Å². The van der Waals surface area contributed by atoms with E-state index in [-0.39, 0.29) is 18.3 Å². The molecule has 0 saturated heterocycles. The fraction of sp³-hybridized carbons (Fsp3) is 1.00. The van der Waals surface area contributed by atoms with Gasteiger partial charge in [0.15, 0.2) is 0 Å². The molecule has 0 aromatic rings. The number of hydrogen-bond donors (Lipinski definition) is 0. The molecular weight excluding hydrogens is 134 g/mol. The van der Waals surface area contributed by atoms with Crippen molar-refractivity contribution in [2.24, 2.45) is 5.41 Å². The van der Waals surface area contributed by atoms with Crippen molar-refractivity contribution in [3.05, 3.63) is 0 Å². The van der Waals surface area contributed by atoms with Crippen molar-refractivity contribution in [2.45, 2.75) is 45.5 Å². The largest absolute Gasteiger partial charge is 0.248 e. The third-order valence-corrected chi connectivity index (χ3v) is 2.34. The van der Waals surface area contributed by atoms with Crippen molar-refractivity contribution in [3.8, 4) is 0 Å². The average molecular weight is 148 g/mol. The second kappa shape index (κ2) is 2.18. The van der Waals surface area contributed by atoms with Crippen LogP contribution >= 0.6 is 0 Å². The fourth-order valence-corrected chi connectivity index (χ4v) is 1.29. The molecule has 0 aromatic heterocycles. The topological polar surface area (TPSA) is 0 Å². The maximum atomic E-state index is 12.5. The van der Waals surface area contributed by atoms with Crippen molar-refractivity contribution in [3.63, 3.8) is 0 Å². The summed E-state index contributed by atoms with van der Waals surface area (Å²) in [7, 11) is 0. The summed E-state index contributed by atoms with van der Waals surface area (Å²) >= 11 is 0. The first-order valence-corrected chi connectivity index (χ1v) is 3.79. The van der Waals surface area contributed by atoms with E-state index in [1.165, 1.54) is 0 Å². The van der Waals surface area contributed by atoms with Gasteiger partial charge in [-0.1, -0.05) is 13.8 Å².